The Morgan fingerprint density at radius 3 is 1.69 bits per heavy atom. The van der Waals surface area contributed by atoms with Crippen molar-refractivity contribution in [3.05, 3.63) is 229 Å². The second kappa shape index (κ2) is 13.5. The van der Waals surface area contributed by atoms with E-state index in [0.717, 1.165) is 11.4 Å². The molecule has 0 unspecified atom stereocenters. The van der Waals surface area contributed by atoms with E-state index in [4.69, 9.17) is 0 Å². The van der Waals surface area contributed by atoms with Crippen LogP contribution in [0.1, 0.15) is 49.9 Å². The Bertz CT molecular complexity index is 3380. The van der Waals surface area contributed by atoms with E-state index in [-0.39, 0.29) is 10.8 Å². The molecule has 2 nitrogen and oxygen atoms in total. The van der Waals surface area contributed by atoms with E-state index in [0.29, 0.717) is 0 Å². The first-order valence-electron chi connectivity index (χ1n) is 21.9. The van der Waals surface area contributed by atoms with E-state index >= 15 is 0 Å². The summed E-state index contributed by atoms with van der Waals surface area (Å²) in [6.45, 7) is 9.47. The van der Waals surface area contributed by atoms with E-state index in [1.54, 1.807) is 0 Å². The van der Waals surface area contributed by atoms with Crippen LogP contribution in [-0.4, -0.2) is 4.57 Å². The fraction of sp³-hybridized carbons (Fsp3) is 0.100. The first-order valence-corrected chi connectivity index (χ1v) is 21.9. The van der Waals surface area contributed by atoms with Crippen LogP contribution in [0.25, 0.3) is 72.0 Å². The molecule has 2 aliphatic rings. The third-order valence-electron chi connectivity index (χ3n) is 14.0. The van der Waals surface area contributed by atoms with Crippen LogP contribution in [-0.2, 0) is 10.8 Å². The number of nitrogens with zero attached hydrogens (tertiary/aromatic N) is 2. The molecule has 0 atom stereocenters. The minimum absolute atomic E-state index is 0.103. The highest BCUT2D eigenvalue weighted by atomic mass is 15.1. The SMILES string of the molecule is CC1(C)c2ccccc2-c2ccc(N(c3ccc(-c4ccc(-n5c6ccccc6c6c(-c7ccccc7)cccc65)cc4)cc3)c3cccc4c3-c3ccccc3C4(C)C)cc21. The molecule has 62 heavy (non-hydrogen) atoms. The highest BCUT2D eigenvalue weighted by Gasteiger charge is 2.39. The number of anilines is 3. The summed E-state index contributed by atoms with van der Waals surface area (Å²) in [6.07, 6.45) is 0. The van der Waals surface area contributed by atoms with Gasteiger partial charge in [0.1, 0.15) is 0 Å². The maximum absolute atomic E-state index is 2.50. The van der Waals surface area contributed by atoms with Crippen LogP contribution in [0, 0.1) is 0 Å². The summed E-state index contributed by atoms with van der Waals surface area (Å²) in [5, 5.41) is 2.55. The molecule has 296 valence electrons. The van der Waals surface area contributed by atoms with E-state index in [1.807, 2.05) is 0 Å². The predicted octanol–water partition coefficient (Wildman–Crippen LogP) is 16.2. The monoisotopic (exact) mass is 794 g/mol. The summed E-state index contributed by atoms with van der Waals surface area (Å²) in [6, 6.07) is 76.4. The Kier molecular flexibility index (Phi) is 7.96. The maximum atomic E-state index is 2.50. The molecule has 10 aromatic rings. The summed E-state index contributed by atoms with van der Waals surface area (Å²) in [7, 11) is 0. The minimum Gasteiger partial charge on any atom is -0.310 e. The number of para-hydroxylation sites is 1. The van der Waals surface area contributed by atoms with Gasteiger partial charge in [0, 0.05) is 44.2 Å². The molecule has 0 saturated carbocycles. The molecule has 0 radical (unpaired) electrons. The van der Waals surface area contributed by atoms with Crippen LogP contribution < -0.4 is 4.90 Å². The molecule has 0 fully saturated rings. The molecule has 0 aliphatic heterocycles. The molecule has 1 aromatic heterocycles. The summed E-state index contributed by atoms with van der Waals surface area (Å²) in [5.74, 6) is 0. The van der Waals surface area contributed by atoms with Gasteiger partial charge >= 0.3 is 0 Å². The Balaban J connectivity index is 0.963. The number of fused-ring (bicyclic) bond motifs is 9. The number of rotatable bonds is 6. The van der Waals surface area contributed by atoms with E-state index in [2.05, 4.69) is 243 Å². The molecule has 0 saturated heterocycles. The third-order valence-corrected chi connectivity index (χ3v) is 14.0. The highest BCUT2D eigenvalue weighted by Crippen LogP contribution is 2.56. The van der Waals surface area contributed by atoms with Crippen molar-refractivity contribution in [2.24, 2.45) is 0 Å². The Labute approximate surface area is 364 Å². The van der Waals surface area contributed by atoms with Crippen LogP contribution >= 0.6 is 0 Å². The van der Waals surface area contributed by atoms with Gasteiger partial charge in [-0.05, 0) is 116 Å². The zero-order valence-electron chi connectivity index (χ0n) is 35.5. The Hall–Kier alpha value is -7.42. The van der Waals surface area contributed by atoms with Gasteiger partial charge in [0.05, 0.1) is 16.7 Å². The van der Waals surface area contributed by atoms with Crippen LogP contribution in [0.4, 0.5) is 17.1 Å². The third kappa shape index (κ3) is 5.29. The topological polar surface area (TPSA) is 8.17 Å². The molecule has 0 N–H and O–H groups in total. The van der Waals surface area contributed by atoms with Gasteiger partial charge in [-0.3, -0.25) is 0 Å². The van der Waals surface area contributed by atoms with Crippen LogP contribution in [0.15, 0.2) is 206 Å². The van der Waals surface area contributed by atoms with Gasteiger partial charge in [-0.2, -0.15) is 0 Å². The first-order chi connectivity index (χ1) is 30.3. The fourth-order valence-electron chi connectivity index (χ4n) is 10.9. The molecular formula is C60H46N2. The molecule has 9 aromatic carbocycles. The highest BCUT2D eigenvalue weighted by molar-refractivity contribution is 6.15. The predicted molar refractivity (Wildman–Crippen MR) is 261 cm³/mol. The molecule has 1 heterocycles. The van der Waals surface area contributed by atoms with Gasteiger partial charge in [0.2, 0.25) is 0 Å². The number of aromatic nitrogens is 1. The fourth-order valence-corrected chi connectivity index (χ4v) is 10.9. The summed E-state index contributed by atoms with van der Waals surface area (Å²) < 4.78 is 2.41. The van der Waals surface area contributed by atoms with E-state index in [9.17, 15) is 0 Å². The molecule has 12 rings (SSSR count). The van der Waals surface area contributed by atoms with Gasteiger partial charge in [0.25, 0.3) is 0 Å². The molecule has 2 aliphatic carbocycles. The van der Waals surface area contributed by atoms with Gasteiger partial charge in [-0.25, -0.2) is 0 Å². The smallest absolute Gasteiger partial charge is 0.0547 e. The lowest BCUT2D eigenvalue weighted by Crippen LogP contribution is -2.17. The number of hydrogen-bond donors (Lipinski definition) is 0. The number of benzene rings is 9. The van der Waals surface area contributed by atoms with Gasteiger partial charge in [-0.15, -0.1) is 0 Å². The lowest BCUT2D eigenvalue weighted by molar-refractivity contribution is 0.660. The van der Waals surface area contributed by atoms with Crippen molar-refractivity contribution in [2.75, 3.05) is 4.90 Å². The molecule has 0 spiro atoms. The summed E-state index contributed by atoms with van der Waals surface area (Å²) in [4.78, 5) is 2.50. The largest absolute Gasteiger partial charge is 0.310 e. The zero-order chi connectivity index (χ0) is 41.7. The van der Waals surface area contributed by atoms with Crippen molar-refractivity contribution >= 4 is 38.9 Å². The summed E-state index contributed by atoms with van der Waals surface area (Å²) in [5.41, 5.74) is 22.5. The number of hydrogen-bond acceptors (Lipinski definition) is 1. The van der Waals surface area contributed by atoms with Crippen LogP contribution in [0.5, 0.6) is 0 Å². The average molecular weight is 795 g/mol. The van der Waals surface area contributed by atoms with Crippen LogP contribution in [0.2, 0.25) is 0 Å². The van der Waals surface area contributed by atoms with Gasteiger partial charge in [-0.1, -0.05) is 179 Å². The van der Waals surface area contributed by atoms with Crippen LogP contribution in [0.3, 0.4) is 0 Å². The minimum atomic E-state index is -0.111. The Morgan fingerprint density at radius 2 is 0.919 bits per heavy atom. The average Bonchev–Trinajstić information content (AvgIpc) is 3.87. The standard InChI is InChI=1S/C60H46N2/c1-59(2)51-23-12-9-19-48(51)58-52(59)24-15-27-56(58)61(44-36-37-47-46-18-8-11-22-50(46)60(3,4)53(47)38-44)42-32-28-39(29-33-42)40-30-34-43(35-31-40)62-54-25-13-10-20-49(54)57-45(21-14-26-55(57)62)41-16-6-5-7-17-41/h5-38H,1-4H3. The molecule has 2 heteroatoms. The quantitative estimate of drug-likeness (QED) is 0.163. The van der Waals surface area contributed by atoms with Crippen molar-refractivity contribution in [3.63, 3.8) is 0 Å². The lowest BCUT2D eigenvalue weighted by atomic mass is 9.82. The second-order valence-electron chi connectivity index (χ2n) is 18.1. The van der Waals surface area contributed by atoms with Crippen molar-refractivity contribution in [1.82, 2.24) is 4.57 Å². The van der Waals surface area contributed by atoms with Gasteiger partial charge < -0.3 is 9.47 Å². The first kappa shape index (κ1) is 36.4. The molecule has 0 bridgehead atoms. The molecular weight excluding hydrogens is 749 g/mol. The summed E-state index contributed by atoms with van der Waals surface area (Å²) >= 11 is 0. The van der Waals surface area contributed by atoms with Crippen molar-refractivity contribution in [3.8, 4) is 50.2 Å². The lowest BCUT2D eigenvalue weighted by Gasteiger charge is -2.30. The van der Waals surface area contributed by atoms with Crippen molar-refractivity contribution < 1.29 is 0 Å². The Morgan fingerprint density at radius 1 is 0.371 bits per heavy atom. The van der Waals surface area contributed by atoms with Crippen molar-refractivity contribution in [2.45, 2.75) is 38.5 Å². The maximum Gasteiger partial charge on any atom is 0.0547 e. The zero-order valence-corrected chi connectivity index (χ0v) is 35.5. The normalized spacial score (nSPS) is 14.1. The molecule has 0 amide bonds. The van der Waals surface area contributed by atoms with E-state index < -0.39 is 0 Å². The van der Waals surface area contributed by atoms with Crippen molar-refractivity contribution in [1.29, 1.82) is 0 Å². The van der Waals surface area contributed by atoms with Gasteiger partial charge in [0.15, 0.2) is 0 Å². The van der Waals surface area contributed by atoms with E-state index in [1.165, 1.54) is 99.9 Å². The second-order valence-corrected chi connectivity index (χ2v) is 18.1.